The molecule has 3 heteroatoms. The minimum Gasteiger partial charge on any atom is -0.504 e. The first-order valence-corrected chi connectivity index (χ1v) is 9.19. The van der Waals surface area contributed by atoms with Crippen LogP contribution in [0.5, 0.6) is 11.5 Å². The van der Waals surface area contributed by atoms with E-state index in [2.05, 4.69) is 19.6 Å². The van der Waals surface area contributed by atoms with Gasteiger partial charge in [0.25, 0.3) is 0 Å². The summed E-state index contributed by atoms with van der Waals surface area (Å²) >= 11 is 0. The van der Waals surface area contributed by atoms with Gasteiger partial charge in [0.1, 0.15) is 0 Å². The Kier molecular flexibility index (Phi) is 3.51. The van der Waals surface area contributed by atoms with E-state index in [0.717, 1.165) is 38.5 Å². The number of fused-ring (bicyclic) bond motifs is 5. The molecule has 1 aromatic carbocycles. The Hall–Kier alpha value is -1.48. The van der Waals surface area contributed by atoms with Crippen molar-refractivity contribution in [2.75, 3.05) is 7.11 Å². The molecule has 3 aliphatic rings. The van der Waals surface area contributed by atoms with E-state index in [4.69, 9.17) is 4.74 Å². The molecule has 2 N–H and O–H groups in total. The van der Waals surface area contributed by atoms with Gasteiger partial charge in [-0.25, -0.2) is 0 Å². The lowest BCUT2D eigenvalue weighted by Gasteiger charge is -2.52. The van der Waals surface area contributed by atoms with Crippen molar-refractivity contribution in [2.24, 2.45) is 17.3 Å². The van der Waals surface area contributed by atoms with Gasteiger partial charge >= 0.3 is 0 Å². The molecule has 0 aromatic heterocycles. The number of phenolic OH excluding ortho intramolecular Hbond substituents is 1. The largest absolute Gasteiger partial charge is 0.504 e. The number of methoxy groups -OCH3 is 1. The lowest BCUT2D eigenvalue weighted by molar-refractivity contribution is -0.0707. The summed E-state index contributed by atoms with van der Waals surface area (Å²) in [5.74, 6) is 2.51. The van der Waals surface area contributed by atoms with E-state index in [-0.39, 0.29) is 11.2 Å². The molecule has 0 aliphatic heterocycles. The maximum absolute atomic E-state index is 11.1. The Labute approximate surface area is 144 Å². The highest BCUT2D eigenvalue weighted by molar-refractivity contribution is 5.49. The quantitative estimate of drug-likeness (QED) is 0.801. The first-order valence-electron chi connectivity index (χ1n) is 9.19. The van der Waals surface area contributed by atoms with E-state index in [9.17, 15) is 10.2 Å². The number of phenols is 1. The van der Waals surface area contributed by atoms with Crippen molar-refractivity contribution in [1.29, 1.82) is 0 Å². The molecule has 3 aliphatic carbocycles. The summed E-state index contributed by atoms with van der Waals surface area (Å²) in [6.07, 6.45) is 8.01. The molecule has 3 nitrogen and oxygen atoms in total. The Morgan fingerprint density at radius 3 is 2.75 bits per heavy atom. The van der Waals surface area contributed by atoms with Gasteiger partial charge in [-0.1, -0.05) is 13.0 Å². The Morgan fingerprint density at radius 2 is 2.04 bits per heavy atom. The van der Waals surface area contributed by atoms with Gasteiger partial charge in [-0.2, -0.15) is 0 Å². The molecule has 1 aromatic rings. The highest BCUT2D eigenvalue weighted by atomic mass is 16.5. The van der Waals surface area contributed by atoms with Gasteiger partial charge in [-0.05, 0) is 79.5 Å². The lowest BCUT2D eigenvalue weighted by atomic mass is 9.53. The molecule has 24 heavy (non-hydrogen) atoms. The maximum Gasteiger partial charge on any atom is 0.160 e. The predicted octanol–water partition coefficient (Wildman–Crippen LogP) is 4.17. The fraction of sp³-hybridized carbons (Fsp3) is 0.619. The molecule has 5 atom stereocenters. The number of aliphatic hydroxyl groups is 1. The summed E-state index contributed by atoms with van der Waals surface area (Å²) in [6.45, 7) is 6.20. The van der Waals surface area contributed by atoms with E-state index in [0.29, 0.717) is 23.5 Å². The Balaban J connectivity index is 1.73. The third-order valence-electron chi connectivity index (χ3n) is 7.58. The zero-order chi connectivity index (χ0) is 17.1. The molecule has 0 radical (unpaired) electrons. The lowest BCUT2D eigenvalue weighted by Crippen LogP contribution is -2.49. The standard InChI is InChI=1S/C21H28O3/c1-4-21(23)10-8-17-15-6-5-13-11-18(22)19(24-3)12-16(13)14(15)7-9-20(17,21)2/h4,11-12,14-15,17,22-23H,1,5-10H2,2-3H3/t14-,15+,17-,20-,21-/m0/s1. The molecule has 0 unspecified atom stereocenters. The first-order chi connectivity index (χ1) is 11.4. The second-order valence-corrected chi connectivity index (χ2v) is 8.26. The number of hydrogen-bond acceptors (Lipinski definition) is 3. The highest BCUT2D eigenvalue weighted by Gasteiger charge is 2.60. The molecule has 0 saturated heterocycles. The maximum atomic E-state index is 11.1. The SMILES string of the molecule is C=C[C@]1(O)CC[C@H]2[C@@H]3CCc4cc(O)c(OC)cc4[C@H]3CC[C@@]21C. The molecule has 0 amide bonds. The average molecular weight is 328 g/mol. The molecule has 4 rings (SSSR count). The van der Waals surface area contributed by atoms with Crippen molar-refractivity contribution in [3.05, 3.63) is 35.9 Å². The summed E-state index contributed by atoms with van der Waals surface area (Å²) in [5.41, 5.74) is 1.87. The van der Waals surface area contributed by atoms with Gasteiger partial charge in [0.15, 0.2) is 11.5 Å². The number of ether oxygens (including phenoxy) is 1. The van der Waals surface area contributed by atoms with Gasteiger partial charge in [-0.3, -0.25) is 0 Å². The predicted molar refractivity (Wildman–Crippen MR) is 94.4 cm³/mol. The number of rotatable bonds is 2. The van der Waals surface area contributed by atoms with Crippen LogP contribution < -0.4 is 4.74 Å². The molecule has 0 bridgehead atoms. The minimum absolute atomic E-state index is 0.0472. The van der Waals surface area contributed by atoms with Crippen LogP contribution in [0.25, 0.3) is 0 Å². The van der Waals surface area contributed by atoms with Crippen LogP contribution in [0.1, 0.15) is 56.1 Å². The van der Waals surface area contributed by atoms with E-state index in [1.807, 2.05) is 6.07 Å². The van der Waals surface area contributed by atoms with Crippen molar-refractivity contribution in [2.45, 2.75) is 57.0 Å². The van der Waals surface area contributed by atoms with Crippen molar-refractivity contribution >= 4 is 0 Å². The summed E-state index contributed by atoms with van der Waals surface area (Å²) in [4.78, 5) is 0. The van der Waals surface area contributed by atoms with Crippen LogP contribution >= 0.6 is 0 Å². The normalized spacial score (nSPS) is 40.4. The van der Waals surface area contributed by atoms with Crippen LogP contribution in [-0.2, 0) is 6.42 Å². The number of hydrogen-bond donors (Lipinski definition) is 2. The summed E-state index contributed by atoms with van der Waals surface area (Å²) in [7, 11) is 1.61. The smallest absolute Gasteiger partial charge is 0.160 e. The minimum atomic E-state index is -0.713. The third kappa shape index (κ3) is 1.94. The Morgan fingerprint density at radius 1 is 1.25 bits per heavy atom. The van der Waals surface area contributed by atoms with Crippen molar-refractivity contribution in [3.8, 4) is 11.5 Å². The third-order valence-corrected chi connectivity index (χ3v) is 7.58. The van der Waals surface area contributed by atoms with Crippen molar-refractivity contribution in [1.82, 2.24) is 0 Å². The molecular weight excluding hydrogens is 300 g/mol. The van der Waals surface area contributed by atoms with E-state index in [1.54, 1.807) is 13.2 Å². The zero-order valence-corrected chi connectivity index (χ0v) is 14.7. The Bertz CT molecular complexity index is 682. The number of aryl methyl sites for hydroxylation is 1. The zero-order valence-electron chi connectivity index (χ0n) is 14.7. The van der Waals surface area contributed by atoms with Crippen LogP contribution in [0.3, 0.4) is 0 Å². The fourth-order valence-corrected chi connectivity index (χ4v) is 6.14. The van der Waals surface area contributed by atoms with Gasteiger partial charge in [0.2, 0.25) is 0 Å². The van der Waals surface area contributed by atoms with E-state index >= 15 is 0 Å². The van der Waals surface area contributed by atoms with Gasteiger partial charge in [0, 0.05) is 5.41 Å². The molecule has 2 fully saturated rings. The molecular formula is C21H28O3. The average Bonchev–Trinajstić information content (AvgIpc) is 2.86. The van der Waals surface area contributed by atoms with Gasteiger partial charge < -0.3 is 14.9 Å². The summed E-state index contributed by atoms with van der Waals surface area (Å²) in [5, 5.41) is 21.2. The van der Waals surface area contributed by atoms with E-state index in [1.165, 1.54) is 11.1 Å². The van der Waals surface area contributed by atoms with Crippen LogP contribution in [0.4, 0.5) is 0 Å². The number of benzene rings is 1. The van der Waals surface area contributed by atoms with Crippen LogP contribution in [-0.4, -0.2) is 22.9 Å². The molecule has 2 saturated carbocycles. The van der Waals surface area contributed by atoms with Crippen LogP contribution in [0.2, 0.25) is 0 Å². The fourth-order valence-electron chi connectivity index (χ4n) is 6.14. The summed E-state index contributed by atoms with van der Waals surface area (Å²) < 4.78 is 5.34. The van der Waals surface area contributed by atoms with Gasteiger partial charge in [0.05, 0.1) is 12.7 Å². The van der Waals surface area contributed by atoms with Crippen LogP contribution in [0, 0.1) is 17.3 Å². The second-order valence-electron chi connectivity index (χ2n) is 8.26. The monoisotopic (exact) mass is 328 g/mol. The molecule has 0 spiro atoms. The second kappa shape index (κ2) is 5.26. The van der Waals surface area contributed by atoms with Crippen molar-refractivity contribution in [3.63, 3.8) is 0 Å². The highest BCUT2D eigenvalue weighted by Crippen LogP contribution is 2.64. The first kappa shape index (κ1) is 16.0. The number of aromatic hydroxyl groups is 1. The van der Waals surface area contributed by atoms with E-state index < -0.39 is 5.60 Å². The molecule has 0 heterocycles. The summed E-state index contributed by atoms with van der Waals surface area (Å²) in [6, 6.07) is 3.95. The molecule has 130 valence electrons. The topological polar surface area (TPSA) is 49.7 Å². The van der Waals surface area contributed by atoms with Gasteiger partial charge in [-0.15, -0.1) is 6.58 Å². The van der Waals surface area contributed by atoms with Crippen LogP contribution in [0.15, 0.2) is 24.8 Å². The van der Waals surface area contributed by atoms with Crippen molar-refractivity contribution < 1.29 is 14.9 Å².